The number of urea groups is 1. The summed E-state index contributed by atoms with van der Waals surface area (Å²) < 4.78 is 0. The van der Waals surface area contributed by atoms with Crippen molar-refractivity contribution in [3.05, 3.63) is 0 Å². The molecule has 0 spiro atoms. The molecule has 1 aliphatic rings. The number of likely N-dealkylation sites (tertiary alicyclic amines) is 1. The van der Waals surface area contributed by atoms with Gasteiger partial charge in [-0.2, -0.15) is 0 Å². The number of hydrogen-bond donors (Lipinski definition) is 2. The van der Waals surface area contributed by atoms with Gasteiger partial charge in [0.05, 0.1) is 5.92 Å². The molecule has 0 saturated carbocycles. The first-order chi connectivity index (χ1) is 7.97. The summed E-state index contributed by atoms with van der Waals surface area (Å²) in [5, 5.41) is 12.0. The molecule has 2 atom stereocenters. The minimum Gasteiger partial charge on any atom is -0.481 e. The second-order valence-corrected chi connectivity index (χ2v) is 4.63. The Kier molecular flexibility index (Phi) is 4.74. The zero-order valence-electron chi connectivity index (χ0n) is 10.6. The number of aliphatic carboxylic acids is 1. The van der Waals surface area contributed by atoms with E-state index in [1.807, 2.05) is 14.0 Å². The maximum atomic E-state index is 12.0. The molecule has 0 aromatic rings. The van der Waals surface area contributed by atoms with Gasteiger partial charge in [0.25, 0.3) is 0 Å². The molecule has 1 saturated heterocycles. The van der Waals surface area contributed by atoms with Gasteiger partial charge in [-0.15, -0.1) is 0 Å². The lowest BCUT2D eigenvalue weighted by Gasteiger charge is -2.24. The lowest BCUT2D eigenvalue weighted by molar-refractivity contribution is -0.142. The van der Waals surface area contributed by atoms with E-state index in [0.717, 1.165) is 6.54 Å². The van der Waals surface area contributed by atoms with Gasteiger partial charge in [0, 0.05) is 33.2 Å². The van der Waals surface area contributed by atoms with Crippen LogP contribution in [-0.4, -0.2) is 67.2 Å². The molecule has 98 valence electrons. The highest BCUT2D eigenvalue weighted by Gasteiger charge is 2.37. The number of carbonyl (C=O) groups excluding carboxylic acids is 1. The topological polar surface area (TPSA) is 72.9 Å². The molecule has 0 aromatic carbocycles. The van der Waals surface area contributed by atoms with Crippen molar-refractivity contribution in [1.29, 1.82) is 0 Å². The molecule has 1 fully saturated rings. The number of hydrogen-bond acceptors (Lipinski definition) is 3. The average molecular weight is 243 g/mol. The Morgan fingerprint density at radius 2 is 2.12 bits per heavy atom. The standard InChI is InChI=1S/C11H21N3O3/c1-8-6-14(7-9(8)10(15)16)11(17)13(3)5-4-12-2/h8-9,12H,4-7H2,1-3H3,(H,15,16). The van der Waals surface area contributed by atoms with Crippen molar-refractivity contribution in [3.63, 3.8) is 0 Å². The third kappa shape index (κ3) is 3.33. The molecule has 1 rings (SSSR count). The Labute approximate surface area is 102 Å². The molecule has 0 aromatic heterocycles. The SMILES string of the molecule is CNCCN(C)C(=O)N1CC(C)C(C(=O)O)C1. The van der Waals surface area contributed by atoms with E-state index in [9.17, 15) is 9.59 Å². The number of carboxylic acids is 1. The lowest BCUT2D eigenvalue weighted by atomic mass is 9.99. The fraction of sp³-hybridized carbons (Fsp3) is 0.818. The van der Waals surface area contributed by atoms with Crippen LogP contribution in [0.3, 0.4) is 0 Å². The van der Waals surface area contributed by atoms with Gasteiger partial charge in [-0.05, 0) is 13.0 Å². The summed E-state index contributed by atoms with van der Waals surface area (Å²) in [6, 6.07) is -0.0872. The van der Waals surface area contributed by atoms with E-state index >= 15 is 0 Å². The minimum atomic E-state index is -0.814. The van der Waals surface area contributed by atoms with E-state index in [0.29, 0.717) is 19.6 Å². The van der Waals surface area contributed by atoms with Crippen LogP contribution < -0.4 is 5.32 Å². The van der Waals surface area contributed by atoms with Gasteiger partial charge >= 0.3 is 12.0 Å². The number of likely N-dealkylation sites (N-methyl/N-ethyl adjacent to an activating group) is 2. The van der Waals surface area contributed by atoms with Gasteiger partial charge in [0.1, 0.15) is 0 Å². The number of nitrogens with zero attached hydrogens (tertiary/aromatic N) is 2. The van der Waals surface area contributed by atoms with E-state index < -0.39 is 11.9 Å². The van der Waals surface area contributed by atoms with E-state index in [-0.39, 0.29) is 11.9 Å². The third-order valence-corrected chi connectivity index (χ3v) is 3.22. The summed E-state index contributed by atoms with van der Waals surface area (Å²) in [6.45, 7) is 4.07. The smallest absolute Gasteiger partial charge is 0.319 e. The number of nitrogens with one attached hydrogen (secondary N) is 1. The van der Waals surface area contributed by atoms with Crippen LogP contribution in [0, 0.1) is 11.8 Å². The highest BCUT2D eigenvalue weighted by molar-refractivity contribution is 5.77. The van der Waals surface area contributed by atoms with E-state index in [1.54, 1.807) is 16.8 Å². The molecular formula is C11H21N3O3. The van der Waals surface area contributed by atoms with Crippen molar-refractivity contribution in [3.8, 4) is 0 Å². The Morgan fingerprint density at radius 1 is 1.47 bits per heavy atom. The molecular weight excluding hydrogens is 222 g/mol. The van der Waals surface area contributed by atoms with Crippen LogP contribution >= 0.6 is 0 Å². The van der Waals surface area contributed by atoms with Gasteiger partial charge in [-0.1, -0.05) is 6.92 Å². The zero-order valence-corrected chi connectivity index (χ0v) is 10.6. The number of amides is 2. The molecule has 1 heterocycles. The van der Waals surface area contributed by atoms with Crippen molar-refractivity contribution in [2.45, 2.75) is 6.92 Å². The van der Waals surface area contributed by atoms with Gasteiger partial charge < -0.3 is 20.2 Å². The summed E-state index contributed by atoms with van der Waals surface area (Å²) >= 11 is 0. The van der Waals surface area contributed by atoms with Gasteiger partial charge in [-0.25, -0.2) is 4.79 Å². The second-order valence-electron chi connectivity index (χ2n) is 4.63. The van der Waals surface area contributed by atoms with Gasteiger partial charge in [-0.3, -0.25) is 4.79 Å². The molecule has 2 amide bonds. The molecule has 1 aliphatic heterocycles. The van der Waals surface area contributed by atoms with Crippen LogP contribution in [0.15, 0.2) is 0 Å². The molecule has 0 radical (unpaired) electrons. The van der Waals surface area contributed by atoms with E-state index in [1.165, 1.54) is 0 Å². The fourth-order valence-electron chi connectivity index (χ4n) is 2.06. The van der Waals surface area contributed by atoms with Crippen LogP contribution in [0.4, 0.5) is 4.79 Å². The van der Waals surface area contributed by atoms with Gasteiger partial charge in [0.2, 0.25) is 0 Å². The molecule has 6 heteroatoms. The summed E-state index contributed by atoms with van der Waals surface area (Å²) in [5.74, 6) is -1.23. The minimum absolute atomic E-state index is 0.0224. The molecule has 2 unspecified atom stereocenters. The van der Waals surface area contributed by atoms with Crippen LogP contribution in [0.2, 0.25) is 0 Å². The molecule has 6 nitrogen and oxygen atoms in total. The second kappa shape index (κ2) is 5.86. The van der Waals surface area contributed by atoms with Crippen LogP contribution in [0.5, 0.6) is 0 Å². The first kappa shape index (κ1) is 13.8. The highest BCUT2D eigenvalue weighted by Crippen LogP contribution is 2.23. The normalized spacial score (nSPS) is 23.8. The number of carbonyl (C=O) groups is 2. The Hall–Kier alpha value is -1.30. The quantitative estimate of drug-likeness (QED) is 0.724. The predicted molar refractivity (Wildman–Crippen MR) is 63.8 cm³/mol. The summed E-state index contributed by atoms with van der Waals surface area (Å²) in [7, 11) is 3.56. The largest absolute Gasteiger partial charge is 0.481 e. The average Bonchev–Trinajstić information content (AvgIpc) is 2.67. The maximum absolute atomic E-state index is 12.0. The Morgan fingerprint density at radius 3 is 2.59 bits per heavy atom. The monoisotopic (exact) mass is 243 g/mol. The lowest BCUT2D eigenvalue weighted by Crippen LogP contribution is -2.42. The Bertz CT molecular complexity index is 296. The summed E-state index contributed by atoms with van der Waals surface area (Å²) in [5.41, 5.74) is 0. The van der Waals surface area contributed by atoms with E-state index in [4.69, 9.17) is 5.11 Å². The van der Waals surface area contributed by atoms with Crippen molar-refractivity contribution < 1.29 is 14.7 Å². The summed E-state index contributed by atoms with van der Waals surface area (Å²) in [4.78, 5) is 26.2. The number of rotatable bonds is 4. The molecule has 0 aliphatic carbocycles. The summed E-state index contributed by atoms with van der Waals surface area (Å²) in [6.07, 6.45) is 0. The predicted octanol–water partition coefficient (Wildman–Crippen LogP) is -0.0899. The maximum Gasteiger partial charge on any atom is 0.319 e. The molecule has 2 N–H and O–H groups in total. The van der Waals surface area contributed by atoms with Crippen LogP contribution in [-0.2, 0) is 4.79 Å². The van der Waals surface area contributed by atoms with E-state index in [2.05, 4.69) is 5.32 Å². The van der Waals surface area contributed by atoms with Crippen molar-refractivity contribution >= 4 is 12.0 Å². The Balaban J connectivity index is 2.52. The first-order valence-corrected chi connectivity index (χ1v) is 5.84. The highest BCUT2D eigenvalue weighted by atomic mass is 16.4. The first-order valence-electron chi connectivity index (χ1n) is 5.84. The van der Waals surface area contributed by atoms with Crippen molar-refractivity contribution in [2.75, 3.05) is 40.3 Å². The van der Waals surface area contributed by atoms with Crippen molar-refractivity contribution in [1.82, 2.24) is 15.1 Å². The van der Waals surface area contributed by atoms with Crippen molar-refractivity contribution in [2.24, 2.45) is 11.8 Å². The van der Waals surface area contributed by atoms with Gasteiger partial charge in [0.15, 0.2) is 0 Å². The van der Waals surface area contributed by atoms with Crippen LogP contribution in [0.25, 0.3) is 0 Å². The number of carboxylic acid groups (broad SMARTS) is 1. The molecule has 0 bridgehead atoms. The fourth-order valence-corrected chi connectivity index (χ4v) is 2.06. The zero-order chi connectivity index (χ0) is 13.0. The third-order valence-electron chi connectivity index (χ3n) is 3.22. The van der Waals surface area contributed by atoms with Crippen LogP contribution in [0.1, 0.15) is 6.92 Å². The molecule has 17 heavy (non-hydrogen) atoms.